The number of ether oxygens (including phenoxy) is 1. The molecule has 90 valence electrons. The lowest BCUT2D eigenvalue weighted by atomic mass is 10.2. The van der Waals surface area contributed by atoms with E-state index in [1.165, 1.54) is 0 Å². The van der Waals surface area contributed by atoms with Crippen LogP contribution in [0.15, 0.2) is 18.2 Å². The zero-order valence-electron chi connectivity index (χ0n) is 9.20. The molecule has 1 aliphatic rings. The fourth-order valence-corrected chi connectivity index (χ4v) is 2.70. The molecular weight excluding hydrogens is 259 g/mol. The van der Waals surface area contributed by atoms with E-state index < -0.39 is 0 Å². The number of alkyl halides is 1. The van der Waals surface area contributed by atoms with Crippen LogP contribution in [0, 0.1) is 0 Å². The van der Waals surface area contributed by atoms with Gasteiger partial charge in [-0.1, -0.05) is 11.6 Å². The van der Waals surface area contributed by atoms with Crippen LogP contribution in [0.4, 0.5) is 0 Å². The fraction of sp³-hybridized carbons (Fsp3) is 0.417. The van der Waals surface area contributed by atoms with Crippen LogP contribution in [0.3, 0.4) is 0 Å². The average Bonchev–Trinajstić information content (AvgIpc) is 2.93. The summed E-state index contributed by atoms with van der Waals surface area (Å²) in [6.07, 6.45) is 1.01. The number of hydrogen-bond donors (Lipinski definition) is 0. The Morgan fingerprint density at radius 1 is 1.47 bits per heavy atom. The van der Waals surface area contributed by atoms with Crippen molar-refractivity contribution in [3.05, 3.63) is 29.0 Å². The molecule has 0 spiro atoms. The van der Waals surface area contributed by atoms with Crippen LogP contribution in [-0.4, -0.2) is 22.8 Å². The van der Waals surface area contributed by atoms with Crippen LogP contribution in [-0.2, 0) is 10.6 Å². The first-order valence-corrected chi connectivity index (χ1v) is 6.51. The SMILES string of the molecule is ClCc1nc2cc(Cl)ccc2n1C1CCOC1. The predicted octanol–water partition coefficient (Wildman–Crippen LogP) is 3.39. The summed E-state index contributed by atoms with van der Waals surface area (Å²) >= 11 is 11.9. The smallest absolute Gasteiger partial charge is 0.125 e. The largest absolute Gasteiger partial charge is 0.379 e. The molecule has 0 amide bonds. The van der Waals surface area contributed by atoms with Gasteiger partial charge in [0.05, 0.1) is 29.6 Å². The lowest BCUT2D eigenvalue weighted by molar-refractivity contribution is 0.187. The molecule has 0 aliphatic carbocycles. The predicted molar refractivity (Wildman–Crippen MR) is 68.8 cm³/mol. The monoisotopic (exact) mass is 270 g/mol. The van der Waals surface area contributed by atoms with Gasteiger partial charge < -0.3 is 9.30 Å². The number of benzene rings is 1. The second-order valence-electron chi connectivity index (χ2n) is 4.18. The summed E-state index contributed by atoms with van der Waals surface area (Å²) in [7, 11) is 0. The van der Waals surface area contributed by atoms with Gasteiger partial charge in [-0.05, 0) is 24.6 Å². The van der Waals surface area contributed by atoms with E-state index in [0.29, 0.717) is 16.9 Å². The molecule has 0 N–H and O–H groups in total. The number of fused-ring (bicyclic) bond motifs is 1. The van der Waals surface area contributed by atoms with Gasteiger partial charge in [0.1, 0.15) is 5.82 Å². The minimum atomic E-state index is 0.343. The number of halogens is 2. The van der Waals surface area contributed by atoms with Crippen molar-refractivity contribution in [3.8, 4) is 0 Å². The van der Waals surface area contributed by atoms with Crippen molar-refractivity contribution < 1.29 is 4.74 Å². The van der Waals surface area contributed by atoms with Crippen molar-refractivity contribution in [2.45, 2.75) is 18.3 Å². The molecule has 3 rings (SSSR count). The van der Waals surface area contributed by atoms with Crippen molar-refractivity contribution in [2.24, 2.45) is 0 Å². The molecular formula is C12H12Cl2N2O. The Balaban J connectivity index is 2.19. The summed E-state index contributed by atoms with van der Waals surface area (Å²) in [6, 6.07) is 6.10. The lowest BCUT2D eigenvalue weighted by Gasteiger charge is -2.13. The van der Waals surface area contributed by atoms with Gasteiger partial charge in [0, 0.05) is 11.6 Å². The van der Waals surface area contributed by atoms with Gasteiger partial charge in [0.25, 0.3) is 0 Å². The topological polar surface area (TPSA) is 27.1 Å². The molecule has 0 bridgehead atoms. The van der Waals surface area contributed by atoms with E-state index in [1.54, 1.807) is 0 Å². The fourth-order valence-electron chi connectivity index (χ4n) is 2.35. The van der Waals surface area contributed by atoms with Crippen molar-refractivity contribution in [1.29, 1.82) is 0 Å². The molecule has 1 aromatic heterocycles. The highest BCUT2D eigenvalue weighted by Gasteiger charge is 2.22. The van der Waals surface area contributed by atoms with Gasteiger partial charge in [0.15, 0.2) is 0 Å². The highest BCUT2D eigenvalue weighted by Crippen LogP contribution is 2.28. The quantitative estimate of drug-likeness (QED) is 0.783. The van der Waals surface area contributed by atoms with Crippen LogP contribution >= 0.6 is 23.2 Å². The summed E-state index contributed by atoms with van der Waals surface area (Å²) < 4.78 is 7.62. The average molecular weight is 271 g/mol. The van der Waals surface area contributed by atoms with E-state index in [1.807, 2.05) is 18.2 Å². The maximum Gasteiger partial charge on any atom is 0.125 e. The molecule has 17 heavy (non-hydrogen) atoms. The number of rotatable bonds is 2. The summed E-state index contributed by atoms with van der Waals surface area (Å²) in [5, 5.41) is 0.700. The third kappa shape index (κ3) is 1.92. The van der Waals surface area contributed by atoms with Crippen LogP contribution in [0.1, 0.15) is 18.3 Å². The Morgan fingerprint density at radius 2 is 2.35 bits per heavy atom. The molecule has 1 aliphatic heterocycles. The van der Waals surface area contributed by atoms with E-state index in [9.17, 15) is 0 Å². The Bertz CT molecular complexity index is 547. The molecule has 2 aromatic rings. The van der Waals surface area contributed by atoms with Gasteiger partial charge in [-0.2, -0.15) is 0 Å². The molecule has 1 aromatic carbocycles. The minimum absolute atomic E-state index is 0.343. The molecule has 1 unspecified atom stereocenters. The summed E-state index contributed by atoms with van der Waals surface area (Å²) in [4.78, 5) is 4.53. The minimum Gasteiger partial charge on any atom is -0.379 e. The Labute approximate surface area is 109 Å². The van der Waals surface area contributed by atoms with Crippen molar-refractivity contribution >= 4 is 34.2 Å². The maximum absolute atomic E-state index is 5.98. The lowest BCUT2D eigenvalue weighted by Crippen LogP contribution is -2.11. The summed E-state index contributed by atoms with van der Waals surface area (Å²) in [5.74, 6) is 1.29. The zero-order valence-corrected chi connectivity index (χ0v) is 10.7. The summed E-state index contributed by atoms with van der Waals surface area (Å²) in [6.45, 7) is 1.54. The Hall–Kier alpha value is -0.770. The highest BCUT2D eigenvalue weighted by molar-refractivity contribution is 6.31. The van der Waals surface area contributed by atoms with Gasteiger partial charge in [-0.25, -0.2) is 4.98 Å². The Morgan fingerprint density at radius 3 is 3.06 bits per heavy atom. The van der Waals surface area contributed by atoms with Gasteiger partial charge in [0.2, 0.25) is 0 Å². The van der Waals surface area contributed by atoms with Crippen LogP contribution in [0.2, 0.25) is 5.02 Å². The number of aromatic nitrogens is 2. The van der Waals surface area contributed by atoms with Gasteiger partial charge in [-0.15, -0.1) is 11.6 Å². The van der Waals surface area contributed by atoms with Gasteiger partial charge >= 0.3 is 0 Å². The van der Waals surface area contributed by atoms with Crippen LogP contribution in [0.5, 0.6) is 0 Å². The summed E-state index contributed by atoms with van der Waals surface area (Å²) in [5.41, 5.74) is 1.99. The van der Waals surface area contributed by atoms with Crippen molar-refractivity contribution in [3.63, 3.8) is 0 Å². The molecule has 1 fully saturated rings. The van der Waals surface area contributed by atoms with E-state index in [-0.39, 0.29) is 0 Å². The van der Waals surface area contributed by atoms with E-state index in [4.69, 9.17) is 27.9 Å². The zero-order chi connectivity index (χ0) is 11.8. The van der Waals surface area contributed by atoms with Gasteiger partial charge in [-0.3, -0.25) is 0 Å². The number of imidazole rings is 1. The maximum atomic E-state index is 5.98. The third-order valence-electron chi connectivity index (χ3n) is 3.11. The molecule has 1 saturated heterocycles. The van der Waals surface area contributed by atoms with Crippen LogP contribution < -0.4 is 0 Å². The van der Waals surface area contributed by atoms with E-state index >= 15 is 0 Å². The molecule has 0 radical (unpaired) electrons. The standard InChI is InChI=1S/C12H12Cl2N2O/c13-6-12-15-10-5-8(14)1-2-11(10)16(12)9-3-4-17-7-9/h1-2,5,9H,3-4,6-7H2. The molecule has 3 nitrogen and oxygen atoms in total. The third-order valence-corrected chi connectivity index (χ3v) is 3.59. The second-order valence-corrected chi connectivity index (χ2v) is 4.89. The molecule has 0 saturated carbocycles. The first-order chi connectivity index (χ1) is 8.29. The Kier molecular flexibility index (Phi) is 2.99. The van der Waals surface area contributed by atoms with Crippen molar-refractivity contribution in [1.82, 2.24) is 9.55 Å². The second kappa shape index (κ2) is 4.48. The first-order valence-electron chi connectivity index (χ1n) is 5.59. The molecule has 5 heteroatoms. The molecule has 2 heterocycles. The number of hydrogen-bond acceptors (Lipinski definition) is 2. The number of nitrogens with zero attached hydrogens (tertiary/aromatic N) is 2. The van der Waals surface area contributed by atoms with Crippen molar-refractivity contribution in [2.75, 3.05) is 13.2 Å². The highest BCUT2D eigenvalue weighted by atomic mass is 35.5. The first kappa shape index (κ1) is 11.3. The molecule has 1 atom stereocenters. The van der Waals surface area contributed by atoms with E-state index in [2.05, 4.69) is 9.55 Å². The van der Waals surface area contributed by atoms with E-state index in [0.717, 1.165) is 36.5 Å². The van der Waals surface area contributed by atoms with Crippen LogP contribution in [0.25, 0.3) is 11.0 Å². The normalized spacial score (nSPS) is 20.2.